The summed E-state index contributed by atoms with van der Waals surface area (Å²) in [5.41, 5.74) is 1.34. The molecule has 1 aromatic heterocycles. The summed E-state index contributed by atoms with van der Waals surface area (Å²) in [5.74, 6) is -0.0161. The minimum absolute atomic E-state index is 0.0114. The maximum absolute atomic E-state index is 12.4. The molecule has 29 heavy (non-hydrogen) atoms. The maximum Gasteiger partial charge on any atom is 0.573 e. The van der Waals surface area contributed by atoms with E-state index in [1.807, 2.05) is 0 Å². The van der Waals surface area contributed by atoms with Crippen LogP contribution in [0.25, 0.3) is 11.4 Å². The molecule has 0 N–H and O–H groups in total. The molecular weight excluding hydrogens is 427 g/mol. The fourth-order valence-electron chi connectivity index (χ4n) is 3.07. The zero-order valence-electron chi connectivity index (χ0n) is 14.7. The Labute approximate surface area is 172 Å². The number of hydrogen-bond donors (Lipinski definition) is 0. The van der Waals surface area contributed by atoms with Crippen LogP contribution < -0.4 is 9.64 Å². The van der Waals surface area contributed by atoms with Gasteiger partial charge in [-0.05, 0) is 60.1 Å². The van der Waals surface area contributed by atoms with E-state index in [-0.39, 0.29) is 17.6 Å². The Kier molecular flexibility index (Phi) is 5.18. The smallest absolute Gasteiger partial charge is 0.406 e. The quantitative estimate of drug-likeness (QED) is 0.555. The zero-order valence-corrected chi connectivity index (χ0v) is 16.3. The number of ether oxygens (including phenoxy) is 1. The van der Waals surface area contributed by atoms with Crippen LogP contribution >= 0.6 is 23.1 Å². The SMILES string of the molecule is O=C1CC(c2nc(-c3ccc(OC(F)(F)F)cc3)ns2)CN1c1ccc(Cl)cc1. The summed E-state index contributed by atoms with van der Waals surface area (Å²) in [7, 11) is 0. The molecule has 1 unspecified atom stereocenters. The average molecular weight is 440 g/mol. The van der Waals surface area contributed by atoms with Crippen LogP contribution in [0.2, 0.25) is 5.02 Å². The molecule has 5 nitrogen and oxygen atoms in total. The molecule has 2 heterocycles. The second kappa shape index (κ2) is 7.64. The van der Waals surface area contributed by atoms with E-state index >= 15 is 0 Å². The molecule has 0 spiro atoms. The van der Waals surface area contributed by atoms with Crippen molar-refractivity contribution in [1.29, 1.82) is 0 Å². The molecule has 0 radical (unpaired) electrons. The topological polar surface area (TPSA) is 55.3 Å². The summed E-state index contributed by atoms with van der Waals surface area (Å²) in [6, 6.07) is 12.4. The Morgan fingerprint density at radius 1 is 1.10 bits per heavy atom. The maximum atomic E-state index is 12.4. The van der Waals surface area contributed by atoms with Crippen LogP contribution in [-0.4, -0.2) is 28.2 Å². The van der Waals surface area contributed by atoms with E-state index in [1.165, 1.54) is 35.8 Å². The third-order valence-electron chi connectivity index (χ3n) is 4.40. The first-order valence-electron chi connectivity index (χ1n) is 8.54. The van der Waals surface area contributed by atoms with Gasteiger partial charge in [0.25, 0.3) is 0 Å². The van der Waals surface area contributed by atoms with Gasteiger partial charge in [0.05, 0.1) is 0 Å². The van der Waals surface area contributed by atoms with Crippen LogP contribution in [0, 0.1) is 0 Å². The molecule has 10 heteroatoms. The van der Waals surface area contributed by atoms with E-state index < -0.39 is 6.36 Å². The first-order valence-corrected chi connectivity index (χ1v) is 9.69. The second-order valence-corrected chi connectivity index (χ2v) is 7.63. The van der Waals surface area contributed by atoms with Crippen molar-refractivity contribution in [2.45, 2.75) is 18.7 Å². The van der Waals surface area contributed by atoms with E-state index in [9.17, 15) is 18.0 Å². The Hall–Kier alpha value is -2.65. The van der Waals surface area contributed by atoms with E-state index in [4.69, 9.17) is 11.6 Å². The number of carbonyl (C=O) groups excluding carboxylic acids is 1. The summed E-state index contributed by atoms with van der Waals surface area (Å²) >= 11 is 7.08. The van der Waals surface area contributed by atoms with Crippen LogP contribution in [0.15, 0.2) is 48.5 Å². The van der Waals surface area contributed by atoms with Gasteiger partial charge in [0.1, 0.15) is 10.8 Å². The number of carbonyl (C=O) groups is 1. The van der Waals surface area contributed by atoms with Crippen molar-refractivity contribution in [3.63, 3.8) is 0 Å². The van der Waals surface area contributed by atoms with Gasteiger partial charge in [-0.2, -0.15) is 4.37 Å². The van der Waals surface area contributed by atoms with Gasteiger partial charge in [-0.25, -0.2) is 4.98 Å². The van der Waals surface area contributed by atoms with Crippen LogP contribution in [0.4, 0.5) is 18.9 Å². The van der Waals surface area contributed by atoms with Gasteiger partial charge in [0, 0.05) is 35.2 Å². The normalized spacial score (nSPS) is 17.0. The van der Waals surface area contributed by atoms with E-state index in [0.717, 1.165) is 5.69 Å². The second-order valence-electron chi connectivity index (χ2n) is 6.41. The molecule has 0 aliphatic carbocycles. The molecule has 4 rings (SSSR count). The van der Waals surface area contributed by atoms with Crippen LogP contribution in [0.1, 0.15) is 17.3 Å². The van der Waals surface area contributed by atoms with Crippen molar-refractivity contribution in [1.82, 2.24) is 9.36 Å². The van der Waals surface area contributed by atoms with Gasteiger partial charge in [-0.1, -0.05) is 11.6 Å². The number of alkyl halides is 3. The third-order valence-corrected chi connectivity index (χ3v) is 5.53. The fourth-order valence-corrected chi connectivity index (χ4v) is 3.95. The highest BCUT2D eigenvalue weighted by molar-refractivity contribution is 7.05. The first kappa shape index (κ1) is 19.7. The number of hydrogen-bond acceptors (Lipinski definition) is 5. The van der Waals surface area contributed by atoms with Crippen molar-refractivity contribution in [3.05, 3.63) is 58.6 Å². The molecule has 1 fully saturated rings. The summed E-state index contributed by atoms with van der Waals surface area (Å²) in [6.45, 7) is 0.480. The average Bonchev–Trinajstić information content (AvgIpc) is 3.29. The predicted octanol–water partition coefficient (Wildman–Crippen LogP) is 5.28. The molecule has 1 aliphatic heterocycles. The Morgan fingerprint density at radius 2 is 1.79 bits per heavy atom. The molecule has 1 atom stereocenters. The molecule has 1 amide bonds. The minimum atomic E-state index is -4.74. The number of rotatable bonds is 4. The van der Waals surface area contributed by atoms with Crippen LogP contribution in [0.5, 0.6) is 5.75 Å². The van der Waals surface area contributed by atoms with Crippen molar-refractivity contribution in [2.24, 2.45) is 0 Å². The number of amides is 1. The van der Waals surface area contributed by atoms with Crippen LogP contribution in [0.3, 0.4) is 0 Å². The van der Waals surface area contributed by atoms with Gasteiger partial charge in [-0.15, -0.1) is 13.2 Å². The molecule has 3 aromatic rings. The van der Waals surface area contributed by atoms with Crippen molar-refractivity contribution < 1.29 is 22.7 Å². The lowest BCUT2D eigenvalue weighted by Crippen LogP contribution is -2.24. The van der Waals surface area contributed by atoms with Crippen molar-refractivity contribution >= 4 is 34.7 Å². The standard InChI is InChI=1S/C19H13ClF3N3O2S/c20-13-3-5-14(6-4-13)26-10-12(9-16(26)27)18-24-17(25-29-18)11-1-7-15(8-2-11)28-19(21,22)23/h1-8,12H,9-10H2. The molecule has 1 aliphatic rings. The molecule has 1 saturated heterocycles. The van der Waals surface area contributed by atoms with Gasteiger partial charge >= 0.3 is 6.36 Å². The van der Waals surface area contributed by atoms with Gasteiger partial charge in [0.15, 0.2) is 5.82 Å². The number of nitrogens with zero attached hydrogens (tertiary/aromatic N) is 3. The largest absolute Gasteiger partial charge is 0.573 e. The van der Waals surface area contributed by atoms with Gasteiger partial charge in [0.2, 0.25) is 5.91 Å². The zero-order chi connectivity index (χ0) is 20.6. The monoisotopic (exact) mass is 439 g/mol. The number of halogens is 4. The summed E-state index contributed by atoms with van der Waals surface area (Å²) in [4.78, 5) is 18.6. The number of anilines is 1. The lowest BCUT2D eigenvalue weighted by atomic mass is 10.1. The van der Waals surface area contributed by atoms with Gasteiger partial charge in [-0.3, -0.25) is 4.79 Å². The Bertz CT molecular complexity index is 1020. The van der Waals surface area contributed by atoms with E-state index in [0.29, 0.717) is 34.4 Å². The van der Waals surface area contributed by atoms with E-state index in [1.54, 1.807) is 29.2 Å². The lowest BCUT2D eigenvalue weighted by molar-refractivity contribution is -0.274. The fraction of sp³-hybridized carbons (Fsp3) is 0.211. The number of benzene rings is 2. The highest BCUT2D eigenvalue weighted by Crippen LogP contribution is 2.34. The molecular formula is C19H13ClF3N3O2S. The summed E-state index contributed by atoms with van der Waals surface area (Å²) < 4.78 is 44.9. The molecule has 0 saturated carbocycles. The molecule has 150 valence electrons. The number of aromatic nitrogens is 2. The minimum Gasteiger partial charge on any atom is -0.406 e. The third kappa shape index (κ3) is 4.51. The summed E-state index contributed by atoms with van der Waals surface area (Å²) in [6.07, 6.45) is -4.42. The van der Waals surface area contributed by atoms with E-state index in [2.05, 4.69) is 14.1 Å². The Balaban J connectivity index is 1.48. The van der Waals surface area contributed by atoms with Crippen molar-refractivity contribution in [2.75, 3.05) is 11.4 Å². The van der Waals surface area contributed by atoms with Crippen molar-refractivity contribution in [3.8, 4) is 17.1 Å². The highest BCUT2D eigenvalue weighted by Gasteiger charge is 2.34. The lowest BCUT2D eigenvalue weighted by Gasteiger charge is -2.16. The summed E-state index contributed by atoms with van der Waals surface area (Å²) in [5, 5.41) is 1.30. The highest BCUT2D eigenvalue weighted by atomic mass is 35.5. The van der Waals surface area contributed by atoms with Gasteiger partial charge < -0.3 is 9.64 Å². The predicted molar refractivity (Wildman–Crippen MR) is 103 cm³/mol. The van der Waals surface area contributed by atoms with Crippen LogP contribution in [-0.2, 0) is 4.79 Å². The Morgan fingerprint density at radius 3 is 2.45 bits per heavy atom. The first-order chi connectivity index (χ1) is 13.8. The molecule has 0 bridgehead atoms. The molecule has 2 aromatic carbocycles.